The Labute approximate surface area is 128 Å². The highest BCUT2D eigenvalue weighted by Gasteiger charge is 2.13. The van der Waals surface area contributed by atoms with E-state index < -0.39 is 0 Å². The number of rotatable bonds is 4. The van der Waals surface area contributed by atoms with Gasteiger partial charge in [0.1, 0.15) is 5.75 Å². The van der Waals surface area contributed by atoms with Gasteiger partial charge in [0.15, 0.2) is 0 Å². The lowest BCUT2D eigenvalue weighted by molar-refractivity contribution is 0.102. The highest BCUT2D eigenvalue weighted by molar-refractivity contribution is 6.31. The van der Waals surface area contributed by atoms with Gasteiger partial charge >= 0.3 is 0 Å². The van der Waals surface area contributed by atoms with Gasteiger partial charge in [-0.3, -0.25) is 4.79 Å². The number of hydrogen-bond acceptors (Lipinski definition) is 3. The molecule has 5 heteroatoms. The largest absolute Gasteiger partial charge is 0.492 e. The van der Waals surface area contributed by atoms with Crippen LogP contribution in [0.1, 0.15) is 22.8 Å². The Kier molecular flexibility index (Phi) is 4.70. The normalized spacial score (nSPS) is 10.2. The Morgan fingerprint density at radius 2 is 2.10 bits per heavy atom. The molecule has 0 spiro atoms. The minimum absolute atomic E-state index is 0.247. The zero-order valence-electron chi connectivity index (χ0n) is 11.9. The fourth-order valence-corrected chi connectivity index (χ4v) is 2.14. The van der Waals surface area contributed by atoms with Gasteiger partial charge < -0.3 is 15.8 Å². The molecular weight excluding hydrogens is 288 g/mol. The maximum atomic E-state index is 12.4. The van der Waals surface area contributed by atoms with Crippen molar-refractivity contribution in [2.24, 2.45) is 0 Å². The fourth-order valence-electron chi connectivity index (χ4n) is 1.97. The molecule has 0 aliphatic rings. The van der Waals surface area contributed by atoms with Gasteiger partial charge in [0, 0.05) is 16.3 Å². The molecule has 2 rings (SSSR count). The minimum Gasteiger partial charge on any atom is -0.492 e. The van der Waals surface area contributed by atoms with Gasteiger partial charge in [-0.1, -0.05) is 17.7 Å². The zero-order valence-corrected chi connectivity index (χ0v) is 12.7. The minimum atomic E-state index is -0.247. The first-order valence-electron chi connectivity index (χ1n) is 6.61. The van der Waals surface area contributed by atoms with E-state index in [1.807, 2.05) is 13.8 Å². The number of nitrogen functional groups attached to an aromatic ring is 1. The number of nitrogens with one attached hydrogen (secondary N) is 1. The Hall–Kier alpha value is -2.20. The van der Waals surface area contributed by atoms with Gasteiger partial charge in [-0.2, -0.15) is 0 Å². The SMILES string of the molecule is CCOc1ccc(Cl)cc1NC(=O)c1cccc(N)c1C. The van der Waals surface area contributed by atoms with Crippen molar-refractivity contribution in [3.63, 3.8) is 0 Å². The third-order valence-electron chi connectivity index (χ3n) is 3.11. The van der Waals surface area contributed by atoms with Gasteiger partial charge in [-0.15, -0.1) is 0 Å². The van der Waals surface area contributed by atoms with Crippen LogP contribution in [0.25, 0.3) is 0 Å². The Morgan fingerprint density at radius 3 is 2.81 bits per heavy atom. The van der Waals surface area contributed by atoms with Crippen LogP contribution in [-0.4, -0.2) is 12.5 Å². The van der Waals surface area contributed by atoms with Crippen LogP contribution in [0.15, 0.2) is 36.4 Å². The van der Waals surface area contributed by atoms with Crippen molar-refractivity contribution in [2.45, 2.75) is 13.8 Å². The third-order valence-corrected chi connectivity index (χ3v) is 3.35. The first-order valence-corrected chi connectivity index (χ1v) is 6.99. The molecule has 0 saturated heterocycles. The molecule has 0 atom stereocenters. The van der Waals surface area contributed by atoms with Crippen LogP contribution >= 0.6 is 11.6 Å². The quantitative estimate of drug-likeness (QED) is 0.842. The van der Waals surface area contributed by atoms with Crippen molar-refractivity contribution >= 4 is 28.9 Å². The van der Waals surface area contributed by atoms with Crippen LogP contribution in [0.5, 0.6) is 5.75 Å². The van der Waals surface area contributed by atoms with Crippen LogP contribution in [0.2, 0.25) is 5.02 Å². The van der Waals surface area contributed by atoms with Crippen LogP contribution in [0.3, 0.4) is 0 Å². The van der Waals surface area contributed by atoms with E-state index in [4.69, 9.17) is 22.1 Å². The number of carbonyl (C=O) groups excluding carboxylic acids is 1. The number of carbonyl (C=O) groups is 1. The molecule has 0 radical (unpaired) electrons. The standard InChI is InChI=1S/C16H17ClN2O2/c1-3-21-15-8-7-11(17)9-14(15)19-16(20)12-5-4-6-13(18)10(12)2/h4-9H,3,18H2,1-2H3,(H,19,20). The van der Waals surface area contributed by atoms with Crippen molar-refractivity contribution in [2.75, 3.05) is 17.7 Å². The number of nitrogens with two attached hydrogens (primary N) is 1. The molecule has 1 amide bonds. The van der Waals surface area contributed by atoms with Crippen molar-refractivity contribution in [3.8, 4) is 5.75 Å². The summed E-state index contributed by atoms with van der Waals surface area (Å²) in [5.41, 5.74) is 8.22. The van der Waals surface area contributed by atoms with Crippen LogP contribution in [-0.2, 0) is 0 Å². The summed E-state index contributed by atoms with van der Waals surface area (Å²) in [4.78, 5) is 12.4. The summed E-state index contributed by atoms with van der Waals surface area (Å²) >= 11 is 5.98. The molecule has 0 fully saturated rings. The molecule has 0 aliphatic carbocycles. The second kappa shape index (κ2) is 6.50. The molecular formula is C16H17ClN2O2. The molecule has 2 aromatic rings. The number of ether oxygens (including phenoxy) is 1. The number of amides is 1. The number of halogens is 1. The van der Waals surface area contributed by atoms with Crippen molar-refractivity contribution in [3.05, 3.63) is 52.5 Å². The first-order chi connectivity index (χ1) is 10.0. The van der Waals surface area contributed by atoms with Crippen LogP contribution in [0, 0.1) is 6.92 Å². The van der Waals surface area contributed by atoms with E-state index in [-0.39, 0.29) is 5.91 Å². The molecule has 2 aromatic carbocycles. The van der Waals surface area contributed by atoms with Crippen molar-refractivity contribution in [1.29, 1.82) is 0 Å². The Balaban J connectivity index is 2.31. The average molecular weight is 305 g/mol. The molecule has 0 unspecified atom stereocenters. The maximum absolute atomic E-state index is 12.4. The summed E-state index contributed by atoms with van der Waals surface area (Å²) in [6.45, 7) is 4.19. The van der Waals surface area contributed by atoms with Gasteiger partial charge in [0.25, 0.3) is 5.91 Å². The summed E-state index contributed by atoms with van der Waals surface area (Å²) in [7, 11) is 0. The highest BCUT2D eigenvalue weighted by atomic mass is 35.5. The number of hydrogen-bond donors (Lipinski definition) is 2. The van der Waals surface area contributed by atoms with E-state index in [0.717, 1.165) is 5.56 Å². The predicted molar refractivity (Wildman–Crippen MR) is 86.2 cm³/mol. The van der Waals surface area contributed by atoms with Crippen molar-refractivity contribution < 1.29 is 9.53 Å². The van der Waals surface area contributed by atoms with Gasteiger partial charge in [0.05, 0.1) is 12.3 Å². The van der Waals surface area contributed by atoms with E-state index in [2.05, 4.69) is 5.32 Å². The molecule has 0 saturated carbocycles. The Bertz CT molecular complexity index is 671. The molecule has 0 aromatic heterocycles. The van der Waals surface area contributed by atoms with E-state index >= 15 is 0 Å². The van der Waals surface area contributed by atoms with E-state index in [1.165, 1.54) is 0 Å². The lowest BCUT2D eigenvalue weighted by Gasteiger charge is -2.13. The number of anilines is 2. The van der Waals surface area contributed by atoms with Gasteiger partial charge in [-0.25, -0.2) is 0 Å². The summed E-state index contributed by atoms with van der Waals surface area (Å²) in [6.07, 6.45) is 0. The predicted octanol–water partition coefficient (Wildman–Crippen LogP) is 3.88. The maximum Gasteiger partial charge on any atom is 0.256 e. The summed E-state index contributed by atoms with van der Waals surface area (Å²) in [5.74, 6) is 0.333. The Morgan fingerprint density at radius 1 is 1.33 bits per heavy atom. The van der Waals surface area contributed by atoms with Gasteiger partial charge in [0.2, 0.25) is 0 Å². The lowest BCUT2D eigenvalue weighted by Crippen LogP contribution is -2.15. The van der Waals surface area contributed by atoms with Crippen LogP contribution < -0.4 is 15.8 Å². The molecule has 3 N–H and O–H groups in total. The lowest BCUT2D eigenvalue weighted by atomic mass is 10.1. The topological polar surface area (TPSA) is 64.3 Å². The fraction of sp³-hybridized carbons (Fsp3) is 0.188. The smallest absolute Gasteiger partial charge is 0.256 e. The third kappa shape index (κ3) is 3.47. The molecule has 0 heterocycles. The second-order valence-corrected chi connectivity index (χ2v) is 4.98. The monoisotopic (exact) mass is 304 g/mol. The molecule has 0 aliphatic heterocycles. The molecule has 110 valence electrons. The molecule has 4 nitrogen and oxygen atoms in total. The van der Waals surface area contributed by atoms with E-state index in [1.54, 1.807) is 36.4 Å². The summed E-state index contributed by atoms with van der Waals surface area (Å²) in [5, 5.41) is 3.34. The van der Waals surface area contributed by atoms with E-state index in [9.17, 15) is 4.79 Å². The highest BCUT2D eigenvalue weighted by Crippen LogP contribution is 2.29. The second-order valence-electron chi connectivity index (χ2n) is 4.55. The molecule has 0 bridgehead atoms. The van der Waals surface area contributed by atoms with E-state index in [0.29, 0.717) is 34.3 Å². The van der Waals surface area contributed by atoms with Crippen LogP contribution in [0.4, 0.5) is 11.4 Å². The van der Waals surface area contributed by atoms with Gasteiger partial charge in [-0.05, 0) is 49.7 Å². The zero-order chi connectivity index (χ0) is 15.4. The first kappa shape index (κ1) is 15.2. The number of benzene rings is 2. The summed E-state index contributed by atoms with van der Waals surface area (Å²) in [6, 6.07) is 10.3. The van der Waals surface area contributed by atoms with Crippen molar-refractivity contribution in [1.82, 2.24) is 0 Å². The molecule has 21 heavy (non-hydrogen) atoms. The summed E-state index contributed by atoms with van der Waals surface area (Å²) < 4.78 is 5.48. The average Bonchev–Trinajstić information content (AvgIpc) is 2.45.